The lowest BCUT2D eigenvalue weighted by molar-refractivity contribution is 0.488. The van der Waals surface area contributed by atoms with Crippen LogP contribution in [-0.4, -0.2) is 26.9 Å². The molecule has 5 nitrogen and oxygen atoms in total. The number of fused-ring (bicyclic) bond motifs is 20. The summed E-state index contributed by atoms with van der Waals surface area (Å²) in [7, 11) is 0. The molecule has 346 valence electrons. The van der Waals surface area contributed by atoms with Crippen LogP contribution >= 0.6 is 11.8 Å². The summed E-state index contributed by atoms with van der Waals surface area (Å²) in [6.45, 7) is -0.0277. The van der Waals surface area contributed by atoms with Gasteiger partial charge in [0.25, 0.3) is 20.1 Å². The van der Waals surface area contributed by atoms with Crippen LogP contribution in [0.15, 0.2) is 240 Å². The first-order valence-electron chi connectivity index (χ1n) is 26.6. The summed E-state index contributed by atoms with van der Waals surface area (Å²) < 4.78 is 7.20. The van der Waals surface area contributed by atoms with Crippen LogP contribution in [0.5, 0.6) is 11.5 Å². The Kier molecular flexibility index (Phi) is 7.68. The van der Waals surface area contributed by atoms with Gasteiger partial charge in [0.1, 0.15) is 11.5 Å². The fourth-order valence-corrected chi connectivity index (χ4v) is 16.3. The molecule has 0 radical (unpaired) electrons. The van der Waals surface area contributed by atoms with Gasteiger partial charge in [-0.15, -0.1) is 0 Å². The van der Waals surface area contributed by atoms with Crippen molar-refractivity contribution >= 4 is 172 Å². The first-order valence-corrected chi connectivity index (χ1v) is 27.4. The van der Waals surface area contributed by atoms with Gasteiger partial charge in [-0.1, -0.05) is 169 Å². The standard InChI is InChI=1S/C66H38B4N4OS/c1-3-19-39(20-4-1)71-53-36-54-48(35-47(53)69-43-25-9-15-31-51(43)73-49-29-13-7-23-41(49)67-45-27-11-17-33-57(45)75-58-37-55(71)61(69)65(73)63(58)67)70-44-26-10-16-32-52(44)74-50-30-14-8-24-42(50)68-46-28-12-18-34-59(46)76-60-38-56(62(70)66(74)64(60)68)72(54)40-21-5-2-6-22-40/h1-38H. The number of anilines is 12. The molecule has 8 aliphatic heterocycles. The third-order valence-corrected chi connectivity index (χ3v) is 19.0. The third-order valence-electron chi connectivity index (χ3n) is 17.9. The van der Waals surface area contributed by atoms with E-state index in [9.17, 15) is 0 Å². The largest absolute Gasteiger partial charge is 0.458 e. The molecule has 0 saturated heterocycles. The smallest absolute Gasteiger partial charge is 0.256 e. The number of hydrogen-bond acceptors (Lipinski definition) is 6. The molecule has 0 bridgehead atoms. The molecule has 0 unspecified atom stereocenters. The van der Waals surface area contributed by atoms with Crippen molar-refractivity contribution in [2.45, 2.75) is 9.79 Å². The Morgan fingerprint density at radius 1 is 0.263 bits per heavy atom. The number of rotatable bonds is 2. The number of hydrogen-bond donors (Lipinski definition) is 0. The van der Waals surface area contributed by atoms with Crippen LogP contribution < -0.4 is 89.9 Å². The predicted molar refractivity (Wildman–Crippen MR) is 321 cm³/mol. The average molecular weight is 978 g/mol. The van der Waals surface area contributed by atoms with Crippen LogP contribution in [0.25, 0.3) is 0 Å². The average Bonchev–Trinajstić information content (AvgIpc) is 3.62. The van der Waals surface area contributed by atoms with Crippen LogP contribution in [0.1, 0.15) is 0 Å². The molecule has 0 amide bonds. The molecule has 76 heavy (non-hydrogen) atoms. The van der Waals surface area contributed by atoms with E-state index in [1.54, 1.807) is 0 Å². The minimum absolute atomic E-state index is 0.00771. The maximum Gasteiger partial charge on any atom is 0.256 e. The Morgan fingerprint density at radius 3 is 1.24 bits per heavy atom. The van der Waals surface area contributed by atoms with Crippen LogP contribution in [-0.2, 0) is 0 Å². The van der Waals surface area contributed by atoms with Crippen molar-refractivity contribution in [3.63, 3.8) is 0 Å². The van der Waals surface area contributed by atoms with Crippen LogP contribution in [0.3, 0.4) is 0 Å². The number of nitrogens with zero attached hydrogens (tertiary/aromatic N) is 4. The Bertz CT molecular complexity index is 4180. The lowest BCUT2D eigenvalue weighted by atomic mass is 9.27. The maximum atomic E-state index is 7.20. The Balaban J connectivity index is 0.949. The van der Waals surface area contributed by atoms with Crippen molar-refractivity contribution in [1.29, 1.82) is 0 Å². The summed E-state index contributed by atoms with van der Waals surface area (Å²) >= 11 is 1.93. The highest BCUT2D eigenvalue weighted by Gasteiger charge is 2.54. The van der Waals surface area contributed by atoms with Gasteiger partial charge in [-0.3, -0.25) is 0 Å². The molecular weight excluding hydrogens is 940 g/mol. The molecular formula is C66H38B4N4OS. The molecule has 0 aliphatic carbocycles. The Hall–Kier alpha value is -8.97. The maximum absolute atomic E-state index is 7.20. The summed E-state index contributed by atoms with van der Waals surface area (Å²) in [6.07, 6.45) is 0. The third kappa shape index (κ3) is 4.91. The van der Waals surface area contributed by atoms with Crippen molar-refractivity contribution in [3.8, 4) is 11.5 Å². The van der Waals surface area contributed by atoms with Crippen molar-refractivity contribution in [1.82, 2.24) is 0 Å². The molecule has 11 aromatic rings. The van der Waals surface area contributed by atoms with Gasteiger partial charge in [-0.05, 0) is 133 Å². The van der Waals surface area contributed by atoms with Crippen molar-refractivity contribution < 1.29 is 4.74 Å². The van der Waals surface area contributed by atoms with Gasteiger partial charge in [-0.2, -0.15) is 0 Å². The van der Waals surface area contributed by atoms with E-state index in [2.05, 4.69) is 250 Å². The van der Waals surface area contributed by atoms with Crippen molar-refractivity contribution in [2.75, 3.05) is 19.6 Å². The van der Waals surface area contributed by atoms with E-state index in [0.29, 0.717) is 0 Å². The highest BCUT2D eigenvalue weighted by atomic mass is 32.2. The minimum atomic E-state index is -0.0842. The zero-order valence-electron chi connectivity index (χ0n) is 40.9. The molecule has 0 fully saturated rings. The normalized spacial score (nSPS) is 14.9. The van der Waals surface area contributed by atoms with E-state index in [0.717, 1.165) is 28.6 Å². The van der Waals surface area contributed by atoms with E-state index >= 15 is 0 Å². The molecule has 10 heteroatoms. The topological polar surface area (TPSA) is 22.2 Å². The summed E-state index contributed by atoms with van der Waals surface area (Å²) in [5.74, 6) is 1.83. The van der Waals surface area contributed by atoms with Gasteiger partial charge in [0.05, 0.1) is 0 Å². The Labute approximate surface area is 446 Å². The van der Waals surface area contributed by atoms with E-state index in [1.807, 2.05) is 11.8 Å². The highest BCUT2D eigenvalue weighted by Crippen LogP contribution is 2.52. The predicted octanol–water partition coefficient (Wildman–Crippen LogP) is 8.08. The molecule has 19 rings (SSSR count). The summed E-state index contributed by atoms with van der Waals surface area (Å²) in [5.41, 5.74) is 30.4. The first kappa shape index (κ1) is 40.4. The second-order valence-electron chi connectivity index (χ2n) is 21.4. The fourth-order valence-electron chi connectivity index (χ4n) is 15.2. The quantitative estimate of drug-likeness (QED) is 0.163. The zero-order valence-corrected chi connectivity index (χ0v) is 41.7. The van der Waals surface area contributed by atoms with Gasteiger partial charge in [0, 0.05) is 84.1 Å². The molecule has 0 spiro atoms. The molecule has 0 saturated carbocycles. The summed E-state index contributed by atoms with van der Waals surface area (Å²) in [6, 6.07) is 87.0. The van der Waals surface area contributed by atoms with Crippen LogP contribution in [0, 0.1) is 0 Å². The van der Waals surface area contributed by atoms with Gasteiger partial charge < -0.3 is 24.3 Å². The molecule has 8 heterocycles. The van der Waals surface area contributed by atoms with E-state index in [4.69, 9.17) is 4.74 Å². The first-order chi connectivity index (χ1) is 37.8. The van der Waals surface area contributed by atoms with Gasteiger partial charge >= 0.3 is 0 Å². The Morgan fingerprint density at radius 2 is 0.684 bits per heavy atom. The van der Waals surface area contributed by atoms with E-state index < -0.39 is 0 Å². The van der Waals surface area contributed by atoms with Crippen molar-refractivity contribution in [2.24, 2.45) is 0 Å². The number of ether oxygens (including phenoxy) is 1. The molecule has 0 N–H and O–H groups in total. The second kappa shape index (κ2) is 14.4. The van der Waals surface area contributed by atoms with E-state index in [-0.39, 0.29) is 26.9 Å². The SMILES string of the molecule is c1ccc(N2c3cc4c(cc3B3c5ccccc5N5c6ccccc6B6c7ccccc7Oc7cc2c3c5c76)B2c3ccccc3N3c5ccccc5B5c6ccccc6Sc6cc(c2c3c65)N4c2ccccc2)cc1. The molecule has 8 aliphatic rings. The lowest BCUT2D eigenvalue weighted by Gasteiger charge is -2.51. The lowest BCUT2D eigenvalue weighted by Crippen LogP contribution is -2.70. The molecule has 0 atom stereocenters. The van der Waals surface area contributed by atoms with Gasteiger partial charge in [-0.25, -0.2) is 0 Å². The van der Waals surface area contributed by atoms with Crippen molar-refractivity contribution in [3.05, 3.63) is 231 Å². The van der Waals surface area contributed by atoms with Gasteiger partial charge in [0.2, 0.25) is 6.71 Å². The number of para-hydroxylation sites is 7. The molecule has 11 aromatic carbocycles. The zero-order chi connectivity index (χ0) is 49.1. The summed E-state index contributed by atoms with van der Waals surface area (Å²) in [4.78, 5) is 13.0. The second-order valence-corrected chi connectivity index (χ2v) is 22.5. The fraction of sp³-hybridized carbons (Fsp3) is 0. The minimum Gasteiger partial charge on any atom is -0.458 e. The van der Waals surface area contributed by atoms with E-state index in [1.165, 1.54) is 127 Å². The van der Waals surface area contributed by atoms with Gasteiger partial charge in [0.15, 0.2) is 0 Å². The van der Waals surface area contributed by atoms with Crippen LogP contribution in [0.4, 0.5) is 68.2 Å². The van der Waals surface area contributed by atoms with Crippen LogP contribution in [0.2, 0.25) is 0 Å². The number of benzene rings is 11. The summed E-state index contributed by atoms with van der Waals surface area (Å²) in [5, 5.41) is 0. The highest BCUT2D eigenvalue weighted by molar-refractivity contribution is 8.00. The monoisotopic (exact) mass is 978 g/mol. The molecule has 0 aromatic heterocycles.